The van der Waals surface area contributed by atoms with Crippen molar-refractivity contribution in [1.82, 2.24) is 0 Å². The maximum atomic E-state index is 4.33. The summed E-state index contributed by atoms with van der Waals surface area (Å²) in [6.07, 6.45) is 0. The molecule has 0 aliphatic rings. The molecule has 3 heteroatoms. The lowest BCUT2D eigenvalue weighted by atomic mass is 11.8. The predicted octanol–water partition coefficient (Wildman–Crippen LogP) is 0.956. The zero-order chi connectivity index (χ0) is 3.41. The summed E-state index contributed by atoms with van der Waals surface area (Å²) in [5.74, 6) is 0. The van der Waals surface area contributed by atoms with Crippen molar-refractivity contribution in [2.75, 3.05) is 7.11 Å². The average molecular weight is 94.1 g/mol. The van der Waals surface area contributed by atoms with E-state index in [1.807, 2.05) is 0 Å². The number of hydrogen-bond donors (Lipinski definition) is 0. The summed E-state index contributed by atoms with van der Waals surface area (Å²) in [6.45, 7) is 0. The highest BCUT2D eigenvalue weighted by molar-refractivity contribution is 7.94. The molecule has 1 nitrogen and oxygen atoms in total. The Kier molecular flexibility index (Phi) is 3.90. The molecule has 0 aromatic rings. The van der Waals surface area contributed by atoms with Crippen LogP contribution in [0, 0.1) is 0 Å². The molecule has 0 aromatic heterocycles. The van der Waals surface area contributed by atoms with Crippen LogP contribution in [0.5, 0.6) is 0 Å². The van der Waals surface area contributed by atoms with E-state index in [1.165, 1.54) is 0 Å². The third-order valence-electron chi connectivity index (χ3n) is 0.0745. The van der Waals surface area contributed by atoms with Crippen LogP contribution in [0.3, 0.4) is 0 Å². The van der Waals surface area contributed by atoms with Crippen LogP contribution in [0.15, 0.2) is 0 Å². The Morgan fingerprint density at radius 1 is 2.00 bits per heavy atom. The Morgan fingerprint density at radius 3 is 2.25 bits per heavy atom. The lowest BCUT2D eigenvalue weighted by Gasteiger charge is -1.62. The molecule has 0 N–H and O–H groups in total. The molecule has 0 aliphatic heterocycles. The molecule has 4 heavy (non-hydrogen) atoms. The van der Waals surface area contributed by atoms with Crippen molar-refractivity contribution in [1.29, 1.82) is 0 Å². The molecule has 0 saturated heterocycles. The van der Waals surface area contributed by atoms with Crippen LogP contribution in [0.25, 0.3) is 0 Å². The van der Waals surface area contributed by atoms with E-state index in [2.05, 4.69) is 16.3 Å². The first-order valence-corrected chi connectivity index (χ1v) is 2.60. The van der Waals surface area contributed by atoms with Crippen molar-refractivity contribution in [2.45, 2.75) is 0 Å². The number of hydrogen-bond acceptors (Lipinski definition) is 2. The SMILES string of the molecule is COP=S. The second-order valence-electron chi connectivity index (χ2n) is 0.257. The van der Waals surface area contributed by atoms with Gasteiger partial charge in [-0.15, -0.1) is 0 Å². The van der Waals surface area contributed by atoms with Crippen LogP contribution in [0.2, 0.25) is 0 Å². The van der Waals surface area contributed by atoms with Gasteiger partial charge in [-0.1, -0.05) is 0 Å². The second kappa shape index (κ2) is 3.48. The summed E-state index contributed by atoms with van der Waals surface area (Å²) in [7, 11) is 2.15. The standard InChI is InChI=1S/CH3OPS/c1-2-3-4/h1H3. The Labute approximate surface area is 31.9 Å². The van der Waals surface area contributed by atoms with Crippen molar-refractivity contribution in [3.8, 4) is 0 Å². The van der Waals surface area contributed by atoms with Gasteiger partial charge in [-0.05, 0) is 11.8 Å². The molecule has 0 atom stereocenters. The molecule has 0 aromatic carbocycles. The molecule has 0 bridgehead atoms. The summed E-state index contributed by atoms with van der Waals surface area (Å²) >= 11 is 4.30. The molecule has 0 unspecified atom stereocenters. The van der Waals surface area contributed by atoms with Gasteiger partial charge in [0.2, 0.25) is 0 Å². The molecule has 0 spiro atoms. The van der Waals surface area contributed by atoms with Crippen LogP contribution in [0.1, 0.15) is 0 Å². The molecule has 0 rings (SSSR count). The van der Waals surface area contributed by atoms with E-state index in [0.717, 1.165) is 0 Å². The Morgan fingerprint density at radius 2 is 2.25 bits per heavy atom. The zero-order valence-electron chi connectivity index (χ0n) is 2.26. The van der Waals surface area contributed by atoms with Crippen LogP contribution in [0.4, 0.5) is 0 Å². The van der Waals surface area contributed by atoms with Crippen molar-refractivity contribution in [2.24, 2.45) is 0 Å². The highest BCUT2D eigenvalue weighted by Gasteiger charge is 1.44. The first-order valence-electron chi connectivity index (χ1n) is 0.773. The molecule has 0 heterocycles. The van der Waals surface area contributed by atoms with Crippen LogP contribution < -0.4 is 0 Å². The Hall–Kier alpha value is 0.480. The third-order valence-corrected chi connectivity index (χ3v) is 0.671. The maximum absolute atomic E-state index is 4.33. The zero-order valence-corrected chi connectivity index (χ0v) is 3.97. The van der Waals surface area contributed by atoms with E-state index in [-0.39, 0.29) is 0 Å². The lowest BCUT2D eigenvalue weighted by molar-refractivity contribution is 0.487. The van der Waals surface area contributed by atoms with Gasteiger partial charge < -0.3 is 4.52 Å². The van der Waals surface area contributed by atoms with Crippen molar-refractivity contribution in [3.63, 3.8) is 0 Å². The van der Waals surface area contributed by atoms with E-state index in [0.29, 0.717) is 7.58 Å². The van der Waals surface area contributed by atoms with E-state index in [4.69, 9.17) is 0 Å². The minimum Gasteiger partial charge on any atom is -0.321 e. The van der Waals surface area contributed by atoms with Gasteiger partial charge in [0.1, 0.15) is 7.58 Å². The minimum absolute atomic E-state index is 0.582. The van der Waals surface area contributed by atoms with Crippen molar-refractivity contribution in [3.05, 3.63) is 0 Å². The quantitative estimate of drug-likeness (QED) is 0.447. The first-order chi connectivity index (χ1) is 1.91. The van der Waals surface area contributed by atoms with E-state index >= 15 is 0 Å². The fourth-order valence-electron chi connectivity index (χ4n) is 0. The molecule has 0 fully saturated rings. The van der Waals surface area contributed by atoms with Gasteiger partial charge in [0.25, 0.3) is 0 Å². The van der Waals surface area contributed by atoms with Crippen LogP contribution in [-0.4, -0.2) is 7.11 Å². The maximum Gasteiger partial charge on any atom is 0.136 e. The summed E-state index contributed by atoms with van der Waals surface area (Å²) < 4.78 is 4.33. The molecule has 0 radical (unpaired) electrons. The lowest BCUT2D eigenvalue weighted by Crippen LogP contribution is -1.41. The normalized spacial score (nSPS) is 8.25. The van der Waals surface area contributed by atoms with Crippen molar-refractivity contribution >= 4 is 19.4 Å². The molecule has 24 valence electrons. The van der Waals surface area contributed by atoms with Crippen LogP contribution >= 0.6 is 7.58 Å². The molecule has 0 saturated carbocycles. The van der Waals surface area contributed by atoms with Gasteiger partial charge in [-0.3, -0.25) is 0 Å². The minimum atomic E-state index is 0.582. The van der Waals surface area contributed by atoms with Gasteiger partial charge in [-0.2, -0.15) is 0 Å². The largest absolute Gasteiger partial charge is 0.321 e. The van der Waals surface area contributed by atoms with Crippen LogP contribution in [-0.2, 0) is 16.3 Å². The smallest absolute Gasteiger partial charge is 0.136 e. The van der Waals surface area contributed by atoms with E-state index in [1.54, 1.807) is 7.11 Å². The van der Waals surface area contributed by atoms with Gasteiger partial charge >= 0.3 is 0 Å². The Balaban J connectivity index is 2.30. The summed E-state index contributed by atoms with van der Waals surface area (Å²) in [4.78, 5) is 0. The summed E-state index contributed by atoms with van der Waals surface area (Å²) in [5.41, 5.74) is 0. The highest BCUT2D eigenvalue weighted by Crippen LogP contribution is 1.84. The summed E-state index contributed by atoms with van der Waals surface area (Å²) in [5, 5.41) is 0. The molecular formula is CH3OPS. The van der Waals surface area contributed by atoms with Gasteiger partial charge in [0.15, 0.2) is 0 Å². The third kappa shape index (κ3) is 2.48. The highest BCUT2D eigenvalue weighted by atomic mass is 32.4. The van der Waals surface area contributed by atoms with Gasteiger partial charge in [0, 0.05) is 7.11 Å². The summed E-state index contributed by atoms with van der Waals surface area (Å²) in [6, 6.07) is 0. The monoisotopic (exact) mass is 94.0 g/mol. The first kappa shape index (κ1) is 4.48. The number of rotatable bonds is 1. The van der Waals surface area contributed by atoms with E-state index < -0.39 is 0 Å². The van der Waals surface area contributed by atoms with Crippen molar-refractivity contribution < 1.29 is 4.52 Å². The molecule has 0 aliphatic carbocycles. The van der Waals surface area contributed by atoms with Gasteiger partial charge in [-0.25, -0.2) is 0 Å². The van der Waals surface area contributed by atoms with Gasteiger partial charge in [0.05, 0.1) is 0 Å². The Bertz CT molecular complexity index is 22.0. The fraction of sp³-hybridized carbons (Fsp3) is 1.00. The molecule has 0 amide bonds. The second-order valence-corrected chi connectivity index (χ2v) is 1.22. The predicted molar refractivity (Wildman–Crippen MR) is 21.3 cm³/mol. The molecular weight excluding hydrogens is 91.1 g/mol. The topological polar surface area (TPSA) is 9.23 Å². The van der Waals surface area contributed by atoms with E-state index in [9.17, 15) is 0 Å². The fourth-order valence-corrected chi connectivity index (χ4v) is 0. The average Bonchev–Trinajstić information content (AvgIpc) is 1.37.